The number of carbonyl (C=O) groups excluding carboxylic acids is 1. The summed E-state index contributed by atoms with van der Waals surface area (Å²) in [5, 5.41) is 0. The summed E-state index contributed by atoms with van der Waals surface area (Å²) in [6, 6.07) is 7.27. The van der Waals surface area contributed by atoms with Gasteiger partial charge in [0.1, 0.15) is 0 Å². The van der Waals surface area contributed by atoms with E-state index in [-0.39, 0.29) is 0 Å². The highest BCUT2D eigenvalue weighted by Gasteiger charge is 2.06. The van der Waals surface area contributed by atoms with E-state index in [9.17, 15) is 4.79 Å². The van der Waals surface area contributed by atoms with Crippen molar-refractivity contribution in [3.63, 3.8) is 0 Å². The molecular weight excluding hydrogens is 184 g/mol. The number of rotatable bonds is 2. The van der Waals surface area contributed by atoms with Crippen molar-refractivity contribution in [2.45, 2.75) is 13.5 Å². The van der Waals surface area contributed by atoms with Gasteiger partial charge in [0.25, 0.3) is 0 Å². The maximum Gasteiger partial charge on any atom is 0.324 e. The minimum Gasteiger partial charge on any atom is -0.351 e. The molecule has 1 rings (SSSR count). The zero-order valence-electron chi connectivity index (χ0n) is 7.40. The number of thiol groups is 1. The normalized spacial score (nSPS) is 9.69. The monoisotopic (exact) mass is 196 g/mol. The van der Waals surface area contributed by atoms with Gasteiger partial charge in [0.15, 0.2) is 0 Å². The third kappa shape index (κ3) is 2.66. The fourth-order valence-corrected chi connectivity index (χ4v) is 1.18. The zero-order chi connectivity index (χ0) is 9.84. The van der Waals surface area contributed by atoms with Crippen LogP contribution < -0.4 is 5.73 Å². The van der Waals surface area contributed by atoms with Gasteiger partial charge in [-0.15, -0.1) is 0 Å². The van der Waals surface area contributed by atoms with Crippen LogP contribution >= 0.6 is 12.8 Å². The predicted molar refractivity (Wildman–Crippen MR) is 55.3 cm³/mol. The minimum atomic E-state index is -0.536. The first-order chi connectivity index (χ1) is 6.11. The molecule has 0 radical (unpaired) electrons. The first-order valence-electron chi connectivity index (χ1n) is 3.91. The van der Waals surface area contributed by atoms with Gasteiger partial charge in [-0.2, -0.15) is 0 Å². The van der Waals surface area contributed by atoms with Gasteiger partial charge >= 0.3 is 6.03 Å². The second kappa shape index (κ2) is 4.18. The molecule has 0 fully saturated rings. The number of aryl methyl sites for hydroxylation is 1. The summed E-state index contributed by atoms with van der Waals surface area (Å²) in [5.41, 5.74) is 7.22. The third-order valence-corrected chi connectivity index (χ3v) is 2.17. The Hall–Kier alpha value is -1.16. The van der Waals surface area contributed by atoms with Gasteiger partial charge in [-0.05, 0) is 18.1 Å². The van der Waals surface area contributed by atoms with Crippen LogP contribution in [0.3, 0.4) is 0 Å². The van der Waals surface area contributed by atoms with Crippen molar-refractivity contribution in [2.24, 2.45) is 5.73 Å². The molecule has 0 unspecified atom stereocenters. The Labute approximate surface area is 83.1 Å². The van der Waals surface area contributed by atoms with Gasteiger partial charge in [0.05, 0.1) is 6.54 Å². The van der Waals surface area contributed by atoms with Crippen molar-refractivity contribution in [3.8, 4) is 0 Å². The molecule has 0 aliphatic carbocycles. The average molecular weight is 196 g/mol. The highest BCUT2D eigenvalue weighted by Crippen LogP contribution is 2.11. The first kappa shape index (κ1) is 9.92. The molecule has 0 aromatic heterocycles. The molecule has 0 spiro atoms. The van der Waals surface area contributed by atoms with E-state index in [0.717, 1.165) is 11.1 Å². The first-order valence-corrected chi connectivity index (χ1v) is 4.31. The quantitative estimate of drug-likeness (QED) is 0.695. The van der Waals surface area contributed by atoms with Crippen molar-refractivity contribution >= 4 is 18.8 Å². The fraction of sp³-hybridized carbons (Fsp3) is 0.222. The van der Waals surface area contributed by atoms with Crippen LogP contribution in [0.2, 0.25) is 0 Å². The smallest absolute Gasteiger partial charge is 0.324 e. The summed E-state index contributed by atoms with van der Waals surface area (Å²) < 4.78 is 1.18. The highest BCUT2D eigenvalue weighted by atomic mass is 32.1. The van der Waals surface area contributed by atoms with Crippen molar-refractivity contribution in [3.05, 3.63) is 35.4 Å². The lowest BCUT2D eigenvalue weighted by atomic mass is 10.1. The minimum absolute atomic E-state index is 0.436. The van der Waals surface area contributed by atoms with Crippen LogP contribution in [0.5, 0.6) is 0 Å². The highest BCUT2D eigenvalue weighted by molar-refractivity contribution is 7.78. The van der Waals surface area contributed by atoms with Gasteiger partial charge in [-0.25, -0.2) is 4.79 Å². The number of primary amides is 1. The topological polar surface area (TPSA) is 46.3 Å². The number of hydrogen-bond donors (Lipinski definition) is 2. The Balaban J connectivity index is 2.74. The molecule has 3 nitrogen and oxygen atoms in total. The van der Waals surface area contributed by atoms with Crippen molar-refractivity contribution in [2.75, 3.05) is 0 Å². The van der Waals surface area contributed by atoms with Crippen molar-refractivity contribution in [1.82, 2.24) is 4.31 Å². The second-order valence-electron chi connectivity index (χ2n) is 2.82. The van der Waals surface area contributed by atoms with E-state index < -0.39 is 6.03 Å². The molecule has 0 heterocycles. The average Bonchev–Trinajstić information content (AvgIpc) is 2.08. The molecule has 0 bridgehead atoms. The Bertz CT molecular complexity index is 314. The van der Waals surface area contributed by atoms with Gasteiger partial charge in [0.2, 0.25) is 0 Å². The number of amides is 2. The third-order valence-electron chi connectivity index (χ3n) is 1.84. The summed E-state index contributed by atoms with van der Waals surface area (Å²) in [6.07, 6.45) is 0. The van der Waals surface area contributed by atoms with Gasteiger partial charge in [0, 0.05) is 0 Å². The van der Waals surface area contributed by atoms with E-state index in [1.165, 1.54) is 4.31 Å². The SMILES string of the molecule is Cc1ccccc1CN(S)C(N)=O. The number of benzene rings is 1. The van der Waals surface area contributed by atoms with Gasteiger partial charge in [-0.3, -0.25) is 4.31 Å². The summed E-state index contributed by atoms with van der Waals surface area (Å²) in [7, 11) is 0. The Kier molecular flexibility index (Phi) is 3.19. The molecule has 0 aliphatic heterocycles. The van der Waals surface area contributed by atoms with Crippen LogP contribution in [-0.4, -0.2) is 10.3 Å². The molecule has 13 heavy (non-hydrogen) atoms. The second-order valence-corrected chi connectivity index (χ2v) is 3.31. The van der Waals surface area contributed by atoms with Crippen LogP contribution in [0.1, 0.15) is 11.1 Å². The Morgan fingerprint density at radius 3 is 2.69 bits per heavy atom. The maximum absolute atomic E-state index is 10.7. The standard InChI is InChI=1S/C9H12N2OS/c1-7-4-2-3-5-8(7)6-11(13)9(10)12/h2-5,13H,6H2,1H3,(H2,10,12). The van der Waals surface area contributed by atoms with Crippen molar-refractivity contribution in [1.29, 1.82) is 0 Å². The molecule has 70 valence electrons. The number of carbonyl (C=O) groups is 1. The molecule has 4 heteroatoms. The number of urea groups is 1. The lowest BCUT2D eigenvalue weighted by Gasteiger charge is -2.13. The summed E-state index contributed by atoms with van der Waals surface area (Å²) in [5.74, 6) is 0. The molecule has 0 saturated carbocycles. The molecule has 2 amide bonds. The molecule has 0 atom stereocenters. The number of nitrogens with two attached hydrogens (primary N) is 1. The lowest BCUT2D eigenvalue weighted by molar-refractivity contribution is 0.234. The van der Waals surface area contributed by atoms with Gasteiger partial charge in [-0.1, -0.05) is 37.1 Å². The van der Waals surface area contributed by atoms with Crippen LogP contribution in [0, 0.1) is 6.92 Å². The van der Waals surface area contributed by atoms with E-state index >= 15 is 0 Å². The van der Waals surface area contributed by atoms with E-state index in [1.807, 2.05) is 31.2 Å². The van der Waals surface area contributed by atoms with Crippen LogP contribution in [0.25, 0.3) is 0 Å². The van der Waals surface area contributed by atoms with E-state index in [4.69, 9.17) is 5.73 Å². The molecule has 2 N–H and O–H groups in total. The molecule has 0 saturated heterocycles. The molecule has 1 aromatic carbocycles. The summed E-state index contributed by atoms with van der Waals surface area (Å²) in [6.45, 7) is 2.42. The van der Waals surface area contributed by atoms with E-state index in [2.05, 4.69) is 12.8 Å². The molecular formula is C9H12N2OS. The van der Waals surface area contributed by atoms with Crippen LogP contribution in [0.4, 0.5) is 4.79 Å². The lowest BCUT2D eigenvalue weighted by Crippen LogP contribution is -2.27. The van der Waals surface area contributed by atoms with E-state index in [0.29, 0.717) is 6.54 Å². The predicted octanol–water partition coefficient (Wildman–Crippen LogP) is 1.72. The molecule has 0 aliphatic rings. The van der Waals surface area contributed by atoms with Gasteiger partial charge < -0.3 is 5.73 Å². The van der Waals surface area contributed by atoms with Crippen molar-refractivity contribution < 1.29 is 4.79 Å². The van der Waals surface area contributed by atoms with Crippen LogP contribution in [-0.2, 0) is 6.54 Å². The summed E-state index contributed by atoms with van der Waals surface area (Å²) >= 11 is 3.94. The van der Waals surface area contributed by atoms with E-state index in [1.54, 1.807) is 0 Å². The summed E-state index contributed by atoms with van der Waals surface area (Å²) in [4.78, 5) is 10.7. The fourth-order valence-electron chi connectivity index (χ4n) is 1.03. The maximum atomic E-state index is 10.7. The zero-order valence-corrected chi connectivity index (χ0v) is 8.29. The van der Waals surface area contributed by atoms with Crippen LogP contribution in [0.15, 0.2) is 24.3 Å². The Morgan fingerprint density at radius 1 is 1.54 bits per heavy atom. The number of hydrogen-bond acceptors (Lipinski definition) is 2. The number of nitrogens with zero attached hydrogens (tertiary/aromatic N) is 1. The molecule has 1 aromatic rings. The largest absolute Gasteiger partial charge is 0.351 e. The Morgan fingerprint density at radius 2 is 2.15 bits per heavy atom.